The predicted molar refractivity (Wildman–Crippen MR) is 52.4 cm³/mol. The number of carboxylic acid groups (broad SMARTS) is 3. The van der Waals surface area contributed by atoms with Crippen LogP contribution in [-0.2, 0) is 24.8 Å². The van der Waals surface area contributed by atoms with Crippen LogP contribution in [0.2, 0.25) is 0 Å². The molecule has 6 N–H and O–H groups in total. The molecule has 13 heteroatoms. The van der Waals surface area contributed by atoms with Crippen LogP contribution in [0, 0.1) is 0 Å². The van der Waals surface area contributed by atoms with Crippen molar-refractivity contribution in [2.45, 2.75) is 18.4 Å². The van der Waals surface area contributed by atoms with Crippen LogP contribution >= 0.6 is 0 Å². The quantitative estimate of drug-likeness (QED) is 0.209. The predicted octanol–water partition coefficient (Wildman–Crippen LogP) is -4.78. The molecule has 0 aliphatic carbocycles. The molecule has 19 heavy (non-hydrogen) atoms. The summed E-state index contributed by atoms with van der Waals surface area (Å²) in [4.78, 5) is 30.5. The van der Waals surface area contributed by atoms with Crippen molar-refractivity contribution in [2.75, 3.05) is 0 Å². The first-order valence-electron chi connectivity index (χ1n) is 3.87. The molecule has 0 heterocycles. The summed E-state index contributed by atoms with van der Waals surface area (Å²) in [5, 5.41) is 33.8. The van der Waals surface area contributed by atoms with E-state index in [1.807, 2.05) is 0 Å². The number of hydrogen-bond acceptors (Lipinski definition) is 6. The zero-order valence-corrected chi connectivity index (χ0v) is 12.4. The fraction of sp³-hybridized carbons (Fsp3) is 0.500. The molecule has 0 aromatic rings. The second-order valence-electron chi connectivity index (χ2n) is 2.93. The molecule has 0 fully saturated rings. The molecule has 0 bridgehead atoms. The molecule has 0 unspecified atom stereocenters. The van der Waals surface area contributed by atoms with Crippen LogP contribution in [0.5, 0.6) is 0 Å². The molecule has 0 rings (SSSR count). The fourth-order valence-corrected chi connectivity index (χ4v) is 0.714. The largest absolute Gasteiger partial charge is 1.00 e. The second-order valence-corrected chi connectivity index (χ2v) is 3.82. The van der Waals surface area contributed by atoms with E-state index in [0.717, 1.165) is 0 Å². The molecular weight excluding hydrogens is 303 g/mol. The van der Waals surface area contributed by atoms with E-state index in [-0.39, 0.29) is 31.0 Å². The van der Waals surface area contributed by atoms with Gasteiger partial charge in [0.05, 0.1) is 12.8 Å². The first kappa shape index (κ1) is 23.3. The zero-order valence-electron chi connectivity index (χ0n) is 10.5. The topological polar surface area (TPSA) is 207 Å². The van der Waals surface area contributed by atoms with Crippen molar-refractivity contribution >= 4 is 28.3 Å². The van der Waals surface area contributed by atoms with Gasteiger partial charge >= 0.3 is 57.9 Å². The minimum atomic E-state index is -4.67. The van der Waals surface area contributed by atoms with Gasteiger partial charge in [-0.2, -0.15) is 8.42 Å². The normalized spacial score (nSPS) is 10.5. The molecule has 0 saturated carbocycles. The van der Waals surface area contributed by atoms with Gasteiger partial charge in [-0.05, 0) is 0 Å². The summed E-state index contributed by atoms with van der Waals surface area (Å²) in [5.41, 5.74) is -2.74. The maximum atomic E-state index is 10.3. The van der Waals surface area contributed by atoms with E-state index in [4.69, 9.17) is 37.9 Å². The average molecular weight is 314 g/mol. The zero-order chi connectivity index (χ0) is 15.1. The van der Waals surface area contributed by atoms with Crippen molar-refractivity contribution in [3.63, 3.8) is 0 Å². The summed E-state index contributed by atoms with van der Waals surface area (Å²) < 4.78 is 31.6. The molecule has 0 aromatic carbocycles. The molecule has 0 spiro atoms. The molecule has 0 aliphatic heterocycles. The molecule has 0 aromatic heterocycles. The van der Waals surface area contributed by atoms with Crippen molar-refractivity contribution in [3.05, 3.63) is 0 Å². The third kappa shape index (κ3) is 17.2. The molecule has 0 saturated heterocycles. The summed E-state index contributed by atoms with van der Waals surface area (Å²) in [5.74, 6) is -5.02. The summed E-state index contributed by atoms with van der Waals surface area (Å²) >= 11 is 0. The van der Waals surface area contributed by atoms with E-state index >= 15 is 0 Å². The Morgan fingerprint density at radius 2 is 1.16 bits per heavy atom. The summed E-state index contributed by atoms with van der Waals surface area (Å²) in [6.45, 7) is 0. The van der Waals surface area contributed by atoms with E-state index in [0.29, 0.717) is 0 Å². The first-order valence-corrected chi connectivity index (χ1v) is 5.27. The van der Waals surface area contributed by atoms with E-state index in [1.54, 1.807) is 0 Å². The molecule has 108 valence electrons. The monoisotopic (exact) mass is 314 g/mol. The van der Waals surface area contributed by atoms with Gasteiger partial charge in [0.25, 0.3) is 0 Å². The van der Waals surface area contributed by atoms with E-state index in [2.05, 4.69) is 0 Å². The summed E-state index contributed by atoms with van der Waals surface area (Å²) in [7, 11) is -4.67. The maximum absolute atomic E-state index is 10.3. The van der Waals surface area contributed by atoms with Gasteiger partial charge in [0.15, 0.2) is 5.60 Å². The Labute approximate surface area is 130 Å². The SMILES string of the molecule is O=C(O)CC(O)(CC(=O)O)C(=O)O.O=S(=O)(O)O.[H-].[Na+]. The van der Waals surface area contributed by atoms with Crippen molar-refractivity contribution < 1.29 is 83.3 Å². The molecular formula is C6H11NaO11S. The van der Waals surface area contributed by atoms with Crippen LogP contribution in [0.15, 0.2) is 0 Å². The summed E-state index contributed by atoms with van der Waals surface area (Å²) in [6, 6.07) is 0. The Bertz CT molecular complexity index is 408. The van der Waals surface area contributed by atoms with E-state index in [9.17, 15) is 14.4 Å². The van der Waals surface area contributed by atoms with E-state index in [1.165, 1.54) is 0 Å². The second kappa shape index (κ2) is 9.19. The number of carbonyl (C=O) groups is 3. The van der Waals surface area contributed by atoms with Crippen molar-refractivity contribution in [1.82, 2.24) is 0 Å². The van der Waals surface area contributed by atoms with Crippen LogP contribution < -0.4 is 29.6 Å². The van der Waals surface area contributed by atoms with Crippen LogP contribution in [-0.4, -0.2) is 61.5 Å². The molecule has 0 atom stereocenters. The van der Waals surface area contributed by atoms with Crippen LogP contribution in [0.3, 0.4) is 0 Å². The molecule has 0 aliphatic rings. The Hall–Kier alpha value is -0.760. The third-order valence-corrected chi connectivity index (χ3v) is 1.29. The van der Waals surface area contributed by atoms with Gasteiger partial charge in [-0.15, -0.1) is 0 Å². The van der Waals surface area contributed by atoms with Crippen LogP contribution in [0.1, 0.15) is 14.3 Å². The van der Waals surface area contributed by atoms with Gasteiger partial charge < -0.3 is 21.9 Å². The smallest absolute Gasteiger partial charge is 1.00 e. The molecule has 0 radical (unpaired) electrons. The van der Waals surface area contributed by atoms with E-state index < -0.39 is 46.7 Å². The van der Waals surface area contributed by atoms with Crippen LogP contribution in [0.4, 0.5) is 0 Å². The molecule has 11 nitrogen and oxygen atoms in total. The van der Waals surface area contributed by atoms with Crippen molar-refractivity contribution in [1.29, 1.82) is 0 Å². The number of hydrogen-bond donors (Lipinski definition) is 6. The van der Waals surface area contributed by atoms with Gasteiger partial charge in [-0.25, -0.2) is 4.79 Å². The maximum Gasteiger partial charge on any atom is 1.00 e. The minimum Gasteiger partial charge on any atom is -1.00 e. The first-order chi connectivity index (χ1) is 7.78. The Morgan fingerprint density at radius 3 is 1.26 bits per heavy atom. The fourth-order valence-electron chi connectivity index (χ4n) is 0.714. The molecule has 0 amide bonds. The van der Waals surface area contributed by atoms with Crippen LogP contribution in [0.25, 0.3) is 0 Å². The van der Waals surface area contributed by atoms with Gasteiger partial charge in [-0.1, -0.05) is 0 Å². The number of aliphatic hydroxyl groups is 1. The van der Waals surface area contributed by atoms with Crippen molar-refractivity contribution in [3.8, 4) is 0 Å². The summed E-state index contributed by atoms with van der Waals surface area (Å²) in [6.07, 6.45) is -2.29. The van der Waals surface area contributed by atoms with Gasteiger partial charge in [-0.3, -0.25) is 18.7 Å². The standard InChI is InChI=1S/C6H8O7.Na.H2O4S.H/c7-3(8)1-6(13,5(11)12)2-4(9)10;;1-5(2,3)4;/h13H,1-2H2,(H,7,8)(H,9,10)(H,11,12);;(H2,1,2,3,4);/q;+1;;-1. The average Bonchev–Trinajstić information content (AvgIpc) is 1.95. The Morgan fingerprint density at radius 1 is 0.947 bits per heavy atom. The number of aliphatic carboxylic acids is 3. The van der Waals surface area contributed by atoms with Gasteiger partial charge in [0.1, 0.15) is 0 Å². The number of rotatable bonds is 5. The Balaban J connectivity index is -0.000000158. The van der Waals surface area contributed by atoms with Gasteiger partial charge in [0, 0.05) is 0 Å². The minimum absolute atomic E-state index is 0. The van der Waals surface area contributed by atoms with Crippen molar-refractivity contribution in [2.24, 2.45) is 0 Å². The van der Waals surface area contributed by atoms with Gasteiger partial charge in [0.2, 0.25) is 0 Å². The Kier molecular flexibility index (Phi) is 11.3. The third-order valence-electron chi connectivity index (χ3n) is 1.29. The number of carboxylic acids is 3.